The van der Waals surface area contributed by atoms with E-state index in [0.29, 0.717) is 21.7 Å². The molecule has 0 aliphatic rings. The van der Waals surface area contributed by atoms with Crippen molar-refractivity contribution in [3.63, 3.8) is 0 Å². The Morgan fingerprint density at radius 3 is 2.79 bits per heavy atom. The molecule has 0 aliphatic carbocycles. The molecule has 0 saturated carbocycles. The Balaban J connectivity index is 1.63. The highest BCUT2D eigenvalue weighted by molar-refractivity contribution is 7.22. The predicted molar refractivity (Wildman–Crippen MR) is 111 cm³/mol. The molecule has 0 atom stereocenters. The van der Waals surface area contributed by atoms with E-state index in [1.54, 1.807) is 17.2 Å². The Morgan fingerprint density at radius 2 is 2.04 bits per heavy atom. The maximum atomic E-state index is 13.0. The van der Waals surface area contributed by atoms with Gasteiger partial charge in [-0.05, 0) is 48.9 Å². The van der Waals surface area contributed by atoms with Crippen LogP contribution in [0.25, 0.3) is 10.2 Å². The second kappa shape index (κ2) is 8.04. The van der Waals surface area contributed by atoms with Gasteiger partial charge in [-0.2, -0.15) is 0 Å². The van der Waals surface area contributed by atoms with Gasteiger partial charge >= 0.3 is 0 Å². The smallest absolute Gasteiger partial charge is 0.267 e. The van der Waals surface area contributed by atoms with Gasteiger partial charge in [0.05, 0.1) is 23.0 Å². The van der Waals surface area contributed by atoms with E-state index in [1.807, 2.05) is 55.5 Å². The zero-order valence-electron chi connectivity index (χ0n) is 15.1. The number of furan rings is 1. The molecule has 0 radical (unpaired) electrons. The summed E-state index contributed by atoms with van der Waals surface area (Å²) in [5, 5.41) is 1.23. The largest absolute Gasteiger partial charge is 0.484 e. The molecule has 0 aliphatic heterocycles. The van der Waals surface area contributed by atoms with E-state index in [4.69, 9.17) is 20.8 Å². The van der Waals surface area contributed by atoms with Crippen molar-refractivity contribution < 1.29 is 13.9 Å². The first-order valence-electron chi connectivity index (χ1n) is 8.67. The minimum absolute atomic E-state index is 0.0968. The van der Waals surface area contributed by atoms with Crippen molar-refractivity contribution in [2.45, 2.75) is 13.5 Å². The number of ether oxygens (including phenoxy) is 1. The van der Waals surface area contributed by atoms with E-state index in [1.165, 1.54) is 11.3 Å². The highest BCUT2D eigenvalue weighted by atomic mass is 35.5. The van der Waals surface area contributed by atoms with Gasteiger partial charge in [-0.1, -0.05) is 41.1 Å². The summed E-state index contributed by atoms with van der Waals surface area (Å²) < 4.78 is 12.0. The van der Waals surface area contributed by atoms with Crippen LogP contribution in [0.2, 0.25) is 5.02 Å². The molecule has 4 rings (SSSR count). The van der Waals surface area contributed by atoms with Gasteiger partial charge in [0, 0.05) is 5.02 Å². The Morgan fingerprint density at radius 1 is 1.21 bits per heavy atom. The molecule has 4 aromatic rings. The molecular formula is C21H17ClN2O3S. The van der Waals surface area contributed by atoms with Gasteiger partial charge < -0.3 is 9.15 Å². The van der Waals surface area contributed by atoms with E-state index in [9.17, 15) is 4.79 Å². The average Bonchev–Trinajstić information content (AvgIpc) is 3.34. The average molecular weight is 413 g/mol. The third-order valence-electron chi connectivity index (χ3n) is 4.17. The van der Waals surface area contributed by atoms with Crippen molar-refractivity contribution in [3.05, 3.63) is 77.2 Å². The maximum absolute atomic E-state index is 13.0. The number of aryl methyl sites for hydroxylation is 1. The molecule has 2 aromatic carbocycles. The zero-order valence-corrected chi connectivity index (χ0v) is 16.7. The molecule has 2 aromatic heterocycles. The normalized spacial score (nSPS) is 10.9. The summed E-state index contributed by atoms with van der Waals surface area (Å²) in [6.07, 6.45) is 1.58. The predicted octanol–water partition coefficient (Wildman–Crippen LogP) is 5.46. The SMILES string of the molecule is Cc1cc(Cl)cc2sc(N(Cc3ccco3)C(=O)COc3ccccc3)nc12. The lowest BCUT2D eigenvalue weighted by molar-refractivity contribution is -0.120. The summed E-state index contributed by atoms with van der Waals surface area (Å²) in [5.41, 5.74) is 1.81. The number of rotatable bonds is 6. The number of thiazole rings is 1. The molecule has 2 heterocycles. The number of hydrogen-bond donors (Lipinski definition) is 0. The number of nitrogens with zero attached hydrogens (tertiary/aromatic N) is 2. The van der Waals surface area contributed by atoms with Crippen molar-refractivity contribution in [1.82, 2.24) is 4.98 Å². The number of anilines is 1. The molecule has 142 valence electrons. The molecule has 1 amide bonds. The molecule has 0 N–H and O–H groups in total. The van der Waals surface area contributed by atoms with Crippen LogP contribution in [-0.2, 0) is 11.3 Å². The van der Waals surface area contributed by atoms with Gasteiger partial charge in [-0.3, -0.25) is 9.69 Å². The number of aromatic nitrogens is 1. The quantitative estimate of drug-likeness (QED) is 0.421. The topological polar surface area (TPSA) is 55.6 Å². The summed E-state index contributed by atoms with van der Waals surface area (Å²) in [7, 11) is 0. The van der Waals surface area contributed by atoms with Crippen LogP contribution in [0.4, 0.5) is 5.13 Å². The summed E-state index contributed by atoms with van der Waals surface area (Å²) in [5.74, 6) is 1.10. The summed E-state index contributed by atoms with van der Waals surface area (Å²) in [6, 6.07) is 16.6. The van der Waals surface area contributed by atoms with Crippen molar-refractivity contribution in [3.8, 4) is 5.75 Å². The Kier molecular flexibility index (Phi) is 5.32. The van der Waals surface area contributed by atoms with E-state index < -0.39 is 0 Å². The number of para-hydroxylation sites is 1. The highest BCUT2D eigenvalue weighted by Crippen LogP contribution is 2.33. The molecule has 5 nitrogen and oxygen atoms in total. The number of hydrogen-bond acceptors (Lipinski definition) is 5. The second-order valence-electron chi connectivity index (χ2n) is 6.23. The van der Waals surface area contributed by atoms with Crippen LogP contribution in [0.3, 0.4) is 0 Å². The standard InChI is InChI=1S/C21H17ClN2O3S/c1-14-10-15(22)11-18-20(14)23-21(28-18)24(12-17-8-5-9-26-17)19(25)13-27-16-6-3-2-4-7-16/h2-11H,12-13H2,1H3. The Labute approximate surface area is 171 Å². The summed E-state index contributed by atoms with van der Waals surface area (Å²) in [6.45, 7) is 2.13. The molecule has 0 fully saturated rings. The lowest BCUT2D eigenvalue weighted by Crippen LogP contribution is -2.34. The van der Waals surface area contributed by atoms with Crippen LogP contribution in [-0.4, -0.2) is 17.5 Å². The van der Waals surface area contributed by atoms with Crippen molar-refractivity contribution >= 4 is 44.2 Å². The Bertz CT molecular complexity index is 1090. The fourth-order valence-corrected chi connectivity index (χ4v) is 4.26. The summed E-state index contributed by atoms with van der Waals surface area (Å²) >= 11 is 7.59. The first-order valence-corrected chi connectivity index (χ1v) is 9.87. The van der Waals surface area contributed by atoms with Gasteiger partial charge in [-0.15, -0.1) is 0 Å². The number of halogens is 1. The molecule has 0 unspecified atom stereocenters. The van der Waals surface area contributed by atoms with Crippen molar-refractivity contribution in [1.29, 1.82) is 0 Å². The third-order valence-corrected chi connectivity index (χ3v) is 5.41. The van der Waals surface area contributed by atoms with Crippen LogP contribution in [0, 0.1) is 6.92 Å². The number of benzene rings is 2. The minimum Gasteiger partial charge on any atom is -0.484 e. The van der Waals surface area contributed by atoms with Crippen LogP contribution < -0.4 is 9.64 Å². The monoisotopic (exact) mass is 412 g/mol. The van der Waals surface area contributed by atoms with Crippen molar-refractivity contribution in [2.75, 3.05) is 11.5 Å². The van der Waals surface area contributed by atoms with E-state index >= 15 is 0 Å². The Hall–Kier alpha value is -2.83. The maximum Gasteiger partial charge on any atom is 0.267 e. The molecule has 0 bridgehead atoms. The first-order chi connectivity index (χ1) is 13.6. The lowest BCUT2D eigenvalue weighted by Gasteiger charge is -2.19. The molecule has 0 saturated heterocycles. The minimum atomic E-state index is -0.206. The van der Waals surface area contributed by atoms with E-state index in [-0.39, 0.29) is 19.1 Å². The lowest BCUT2D eigenvalue weighted by atomic mass is 10.2. The molecule has 28 heavy (non-hydrogen) atoms. The van der Waals surface area contributed by atoms with Crippen LogP contribution >= 0.6 is 22.9 Å². The zero-order chi connectivity index (χ0) is 19.5. The van der Waals surface area contributed by atoms with Crippen LogP contribution in [0.15, 0.2) is 65.3 Å². The van der Waals surface area contributed by atoms with E-state index in [2.05, 4.69) is 4.98 Å². The van der Waals surface area contributed by atoms with Crippen LogP contribution in [0.1, 0.15) is 11.3 Å². The number of carbonyl (C=O) groups is 1. The van der Waals surface area contributed by atoms with Crippen molar-refractivity contribution in [2.24, 2.45) is 0 Å². The second-order valence-corrected chi connectivity index (χ2v) is 7.67. The molecule has 7 heteroatoms. The van der Waals surface area contributed by atoms with E-state index in [0.717, 1.165) is 15.8 Å². The fourth-order valence-electron chi connectivity index (χ4n) is 2.82. The number of carbonyl (C=O) groups excluding carboxylic acids is 1. The fraction of sp³-hybridized carbons (Fsp3) is 0.143. The van der Waals surface area contributed by atoms with Crippen LogP contribution in [0.5, 0.6) is 5.75 Å². The van der Waals surface area contributed by atoms with Gasteiger partial charge in [-0.25, -0.2) is 4.98 Å². The van der Waals surface area contributed by atoms with Gasteiger partial charge in [0.25, 0.3) is 5.91 Å². The van der Waals surface area contributed by atoms with Gasteiger partial charge in [0.15, 0.2) is 11.7 Å². The summed E-state index contributed by atoms with van der Waals surface area (Å²) in [4.78, 5) is 19.2. The molecule has 0 spiro atoms. The third kappa shape index (κ3) is 4.03. The number of amides is 1. The highest BCUT2D eigenvalue weighted by Gasteiger charge is 2.22. The number of fused-ring (bicyclic) bond motifs is 1. The first kappa shape index (κ1) is 18.5. The van der Waals surface area contributed by atoms with Gasteiger partial charge in [0.1, 0.15) is 11.5 Å². The molecular weight excluding hydrogens is 396 g/mol. The van der Waals surface area contributed by atoms with Gasteiger partial charge in [0.2, 0.25) is 0 Å².